The average molecular weight is 299 g/mol. The Morgan fingerprint density at radius 2 is 1.95 bits per heavy atom. The smallest absolute Gasteiger partial charge is 0.241 e. The lowest BCUT2D eigenvalue weighted by atomic mass is 10.1. The fourth-order valence-electron chi connectivity index (χ4n) is 1.69. The quantitative estimate of drug-likeness (QED) is 0.696. The molecule has 1 unspecified atom stereocenters. The van der Waals surface area contributed by atoms with Crippen molar-refractivity contribution in [2.45, 2.75) is 38.6 Å². The number of carbonyl (C=O) groups excluding carboxylic acids is 1. The highest BCUT2D eigenvalue weighted by molar-refractivity contribution is 7.89. The Hall–Kier alpha value is -1.60. The predicted molar refractivity (Wildman–Crippen MR) is 78.8 cm³/mol. The van der Waals surface area contributed by atoms with Crippen LogP contribution in [0.25, 0.3) is 0 Å². The van der Waals surface area contributed by atoms with Gasteiger partial charge in [-0.05, 0) is 51.0 Å². The third-order valence-electron chi connectivity index (χ3n) is 3.07. The molecule has 1 aromatic rings. The van der Waals surface area contributed by atoms with Crippen molar-refractivity contribution < 1.29 is 13.2 Å². The topological polar surface area (TPSA) is 101 Å². The Morgan fingerprint density at radius 1 is 1.35 bits per heavy atom. The number of hydrogen-bond acceptors (Lipinski definition) is 4. The highest BCUT2D eigenvalue weighted by atomic mass is 32.2. The largest absolute Gasteiger partial charge is 0.398 e. The number of rotatable bonds is 5. The molecular weight excluding hydrogens is 278 g/mol. The Bertz CT molecular complexity index is 588. The zero-order valence-electron chi connectivity index (χ0n) is 12.1. The van der Waals surface area contributed by atoms with Crippen LogP contribution in [0.5, 0.6) is 0 Å². The van der Waals surface area contributed by atoms with Gasteiger partial charge in [0.05, 0.1) is 10.9 Å². The molecule has 0 bridgehead atoms. The van der Waals surface area contributed by atoms with E-state index in [2.05, 4.69) is 10.0 Å². The summed E-state index contributed by atoms with van der Waals surface area (Å²) in [5.41, 5.74) is 7.83. The van der Waals surface area contributed by atoms with E-state index >= 15 is 0 Å². The van der Waals surface area contributed by atoms with Crippen molar-refractivity contribution in [2.24, 2.45) is 0 Å². The van der Waals surface area contributed by atoms with Crippen molar-refractivity contribution in [3.63, 3.8) is 0 Å². The molecule has 7 heteroatoms. The highest BCUT2D eigenvalue weighted by Crippen LogP contribution is 2.21. The molecule has 0 aliphatic heterocycles. The van der Waals surface area contributed by atoms with Gasteiger partial charge in [0.25, 0.3) is 0 Å². The van der Waals surface area contributed by atoms with Crippen molar-refractivity contribution in [1.29, 1.82) is 0 Å². The van der Waals surface area contributed by atoms with Crippen molar-refractivity contribution in [3.8, 4) is 0 Å². The van der Waals surface area contributed by atoms with E-state index < -0.39 is 16.1 Å². The van der Waals surface area contributed by atoms with E-state index in [4.69, 9.17) is 5.73 Å². The SMILES string of the molecule is CCNC(=O)C(C)NS(=O)(=O)c1cc(C)c(C)c(N)c1. The molecular formula is C13H21N3O3S. The number of amides is 1. The van der Waals surface area contributed by atoms with Crippen LogP contribution in [0.1, 0.15) is 25.0 Å². The lowest BCUT2D eigenvalue weighted by Crippen LogP contribution is -2.44. The van der Waals surface area contributed by atoms with Crippen LogP contribution in [0.3, 0.4) is 0 Å². The minimum Gasteiger partial charge on any atom is -0.398 e. The maximum atomic E-state index is 12.2. The van der Waals surface area contributed by atoms with Gasteiger partial charge < -0.3 is 11.1 Å². The number of benzene rings is 1. The molecule has 0 fully saturated rings. The summed E-state index contributed by atoms with van der Waals surface area (Å²) in [5, 5.41) is 2.56. The summed E-state index contributed by atoms with van der Waals surface area (Å²) in [5.74, 6) is -0.368. The van der Waals surface area contributed by atoms with Crippen LogP contribution in [-0.4, -0.2) is 26.9 Å². The molecule has 1 atom stereocenters. The summed E-state index contributed by atoms with van der Waals surface area (Å²) in [7, 11) is -3.78. The second-order valence-corrected chi connectivity index (χ2v) is 6.41. The molecule has 0 heterocycles. The first-order valence-corrected chi connectivity index (χ1v) is 7.84. The summed E-state index contributed by atoms with van der Waals surface area (Å²) in [6.45, 7) is 7.32. The zero-order chi connectivity index (χ0) is 15.5. The van der Waals surface area contributed by atoms with Gasteiger partial charge in [0.2, 0.25) is 15.9 Å². The van der Waals surface area contributed by atoms with E-state index in [0.29, 0.717) is 12.2 Å². The molecule has 1 aromatic carbocycles. The number of nitrogens with one attached hydrogen (secondary N) is 2. The zero-order valence-corrected chi connectivity index (χ0v) is 13.0. The monoisotopic (exact) mass is 299 g/mol. The average Bonchev–Trinajstić information content (AvgIpc) is 2.35. The molecule has 112 valence electrons. The van der Waals surface area contributed by atoms with E-state index in [9.17, 15) is 13.2 Å². The van der Waals surface area contributed by atoms with E-state index in [0.717, 1.165) is 11.1 Å². The van der Waals surface area contributed by atoms with Crippen molar-refractivity contribution >= 4 is 21.6 Å². The second kappa shape index (κ2) is 6.23. The normalized spacial score (nSPS) is 13.0. The minimum absolute atomic E-state index is 0.0641. The molecule has 0 spiro atoms. The van der Waals surface area contributed by atoms with Gasteiger partial charge in [-0.25, -0.2) is 8.42 Å². The van der Waals surface area contributed by atoms with Crippen LogP contribution in [-0.2, 0) is 14.8 Å². The number of hydrogen-bond donors (Lipinski definition) is 3. The van der Waals surface area contributed by atoms with Crippen LogP contribution in [0, 0.1) is 13.8 Å². The van der Waals surface area contributed by atoms with Gasteiger partial charge in [0, 0.05) is 12.2 Å². The van der Waals surface area contributed by atoms with Gasteiger partial charge in [0.15, 0.2) is 0 Å². The molecule has 0 aromatic heterocycles. The third kappa shape index (κ3) is 3.71. The standard InChI is InChI=1S/C13H21N3O3S/c1-5-15-13(17)10(4)16-20(18,19)11-6-8(2)9(3)12(14)7-11/h6-7,10,16H,5,14H2,1-4H3,(H,15,17). The number of anilines is 1. The second-order valence-electron chi connectivity index (χ2n) is 4.69. The first-order valence-electron chi connectivity index (χ1n) is 6.35. The molecule has 1 amide bonds. The van der Waals surface area contributed by atoms with Crippen LogP contribution >= 0.6 is 0 Å². The number of carbonyl (C=O) groups is 1. The molecule has 0 saturated heterocycles. The number of nitrogens with two attached hydrogens (primary N) is 1. The fraction of sp³-hybridized carbons (Fsp3) is 0.462. The number of aryl methyl sites for hydroxylation is 1. The van der Waals surface area contributed by atoms with Crippen molar-refractivity contribution in [1.82, 2.24) is 10.0 Å². The van der Waals surface area contributed by atoms with E-state index in [1.165, 1.54) is 13.0 Å². The van der Waals surface area contributed by atoms with E-state index in [-0.39, 0.29) is 10.8 Å². The lowest BCUT2D eigenvalue weighted by Gasteiger charge is -2.15. The Kier molecular flexibility index (Phi) is 5.13. The molecule has 0 aliphatic carbocycles. The summed E-state index contributed by atoms with van der Waals surface area (Å²) < 4.78 is 26.8. The Labute approximate surface area is 119 Å². The summed E-state index contributed by atoms with van der Waals surface area (Å²) in [4.78, 5) is 11.6. The van der Waals surface area contributed by atoms with Gasteiger partial charge in [0.1, 0.15) is 0 Å². The minimum atomic E-state index is -3.78. The predicted octanol–water partition coefficient (Wildman–Crippen LogP) is 0.689. The third-order valence-corrected chi connectivity index (χ3v) is 4.59. The first-order chi connectivity index (χ1) is 9.19. The van der Waals surface area contributed by atoms with Gasteiger partial charge >= 0.3 is 0 Å². The highest BCUT2D eigenvalue weighted by Gasteiger charge is 2.22. The molecule has 6 nitrogen and oxygen atoms in total. The van der Waals surface area contributed by atoms with Crippen LogP contribution in [0.2, 0.25) is 0 Å². The number of sulfonamides is 1. The summed E-state index contributed by atoms with van der Waals surface area (Å²) >= 11 is 0. The summed E-state index contributed by atoms with van der Waals surface area (Å²) in [6, 6.07) is 2.09. The lowest BCUT2D eigenvalue weighted by molar-refractivity contribution is -0.122. The molecule has 0 radical (unpaired) electrons. The molecule has 1 rings (SSSR count). The van der Waals surface area contributed by atoms with Crippen LogP contribution in [0.4, 0.5) is 5.69 Å². The van der Waals surface area contributed by atoms with Crippen molar-refractivity contribution in [3.05, 3.63) is 23.3 Å². The Balaban J connectivity index is 3.03. The van der Waals surface area contributed by atoms with E-state index in [1.807, 2.05) is 6.92 Å². The van der Waals surface area contributed by atoms with Gasteiger partial charge in [-0.1, -0.05) is 0 Å². The van der Waals surface area contributed by atoms with Crippen LogP contribution < -0.4 is 15.8 Å². The van der Waals surface area contributed by atoms with E-state index in [1.54, 1.807) is 19.9 Å². The molecule has 4 N–H and O–H groups in total. The maximum absolute atomic E-state index is 12.2. The maximum Gasteiger partial charge on any atom is 0.241 e. The first kappa shape index (κ1) is 16.5. The number of nitrogen functional groups attached to an aromatic ring is 1. The van der Waals surface area contributed by atoms with Gasteiger partial charge in [-0.2, -0.15) is 4.72 Å². The number of likely N-dealkylation sites (N-methyl/N-ethyl adjacent to an activating group) is 1. The molecule has 0 saturated carbocycles. The Morgan fingerprint density at radius 3 is 2.45 bits per heavy atom. The summed E-state index contributed by atoms with van der Waals surface area (Å²) in [6.07, 6.45) is 0. The van der Waals surface area contributed by atoms with Gasteiger partial charge in [-0.3, -0.25) is 4.79 Å². The van der Waals surface area contributed by atoms with Crippen molar-refractivity contribution in [2.75, 3.05) is 12.3 Å². The molecule has 20 heavy (non-hydrogen) atoms. The van der Waals surface area contributed by atoms with Crippen LogP contribution in [0.15, 0.2) is 17.0 Å². The molecule has 0 aliphatic rings. The fourth-order valence-corrected chi connectivity index (χ4v) is 3.01. The van der Waals surface area contributed by atoms with Gasteiger partial charge in [-0.15, -0.1) is 0 Å².